The minimum Gasteiger partial charge on any atom is -0.403 e. The van der Waals surface area contributed by atoms with Crippen molar-refractivity contribution < 1.29 is 17.7 Å². The van der Waals surface area contributed by atoms with Gasteiger partial charge in [-0.25, -0.2) is 8.42 Å². The topological polar surface area (TPSA) is 52.6 Å². The van der Waals surface area contributed by atoms with E-state index in [2.05, 4.69) is 0 Å². The Hall–Kier alpha value is -0.0651. The van der Waals surface area contributed by atoms with Crippen LogP contribution in [0.5, 0.6) is 0 Å². The van der Waals surface area contributed by atoms with Crippen LogP contribution in [0.3, 0.4) is 0 Å². The van der Waals surface area contributed by atoms with Gasteiger partial charge in [-0.05, 0) is 27.7 Å². The van der Waals surface area contributed by atoms with Crippen LogP contribution in [-0.4, -0.2) is 38.6 Å². The molecule has 82 valence electrons. The summed E-state index contributed by atoms with van der Waals surface area (Å²) in [5, 5.41) is 0. The Morgan fingerprint density at radius 1 is 1.07 bits per heavy atom. The van der Waals surface area contributed by atoms with Crippen LogP contribution >= 0.6 is 0 Å². The van der Waals surface area contributed by atoms with Gasteiger partial charge in [-0.1, -0.05) is 0 Å². The summed E-state index contributed by atoms with van der Waals surface area (Å²) in [6, 6.07) is 0. The second-order valence-electron chi connectivity index (χ2n) is 4.78. The first-order chi connectivity index (χ1) is 6.04. The third kappa shape index (κ3) is 2.49. The van der Waals surface area contributed by atoms with Crippen molar-refractivity contribution in [2.45, 2.75) is 38.9 Å². The average Bonchev–Trinajstić information content (AvgIpc) is 1.94. The molecule has 1 aliphatic heterocycles. The molecule has 1 saturated heterocycles. The maximum Gasteiger partial charge on any atom is 0.473 e. The molecule has 0 N–H and O–H groups in total. The molecule has 0 aliphatic carbocycles. The zero-order chi connectivity index (χ0) is 11.2. The molecule has 6 heteroatoms. The van der Waals surface area contributed by atoms with Gasteiger partial charge in [-0.3, -0.25) is 0 Å². The predicted octanol–water partition coefficient (Wildman–Crippen LogP) is 0.662. The lowest BCUT2D eigenvalue weighted by Gasteiger charge is -2.32. The molecule has 4 nitrogen and oxygen atoms in total. The van der Waals surface area contributed by atoms with E-state index < -0.39 is 28.2 Å². The fourth-order valence-corrected chi connectivity index (χ4v) is 1.91. The van der Waals surface area contributed by atoms with Crippen molar-refractivity contribution in [1.82, 2.24) is 0 Å². The van der Waals surface area contributed by atoms with Crippen molar-refractivity contribution in [2.24, 2.45) is 0 Å². The van der Waals surface area contributed by atoms with Crippen molar-refractivity contribution in [1.29, 1.82) is 0 Å². The van der Waals surface area contributed by atoms with Gasteiger partial charge in [-0.2, -0.15) is 0 Å². The van der Waals surface area contributed by atoms with Crippen molar-refractivity contribution in [3.63, 3.8) is 0 Å². The van der Waals surface area contributed by atoms with Gasteiger partial charge in [0.1, 0.15) is 9.84 Å². The van der Waals surface area contributed by atoms with E-state index in [1.165, 1.54) is 6.26 Å². The molecule has 1 fully saturated rings. The fourth-order valence-electron chi connectivity index (χ4n) is 1.28. The highest BCUT2D eigenvalue weighted by molar-refractivity contribution is 7.92. The summed E-state index contributed by atoms with van der Waals surface area (Å²) in [5.74, 6) is 0. The maximum atomic E-state index is 11.0. The van der Waals surface area contributed by atoms with Gasteiger partial charge in [0.25, 0.3) is 0 Å². The minimum atomic E-state index is -3.06. The highest BCUT2D eigenvalue weighted by atomic mass is 32.2. The van der Waals surface area contributed by atoms with E-state index in [4.69, 9.17) is 9.31 Å². The molecule has 1 heterocycles. The van der Waals surface area contributed by atoms with Gasteiger partial charge < -0.3 is 9.31 Å². The standard InChI is InChI=1S/C8H17BO4S/c1-7(2)8(3,4)13-9(12-7)6-14(5,10)11/h6H2,1-5H3. The first kappa shape index (κ1) is 12.0. The Morgan fingerprint density at radius 3 is 1.71 bits per heavy atom. The van der Waals surface area contributed by atoms with E-state index in [0.29, 0.717) is 0 Å². The third-order valence-corrected chi connectivity index (χ3v) is 3.62. The van der Waals surface area contributed by atoms with Crippen LogP contribution in [0.25, 0.3) is 0 Å². The Balaban J connectivity index is 2.74. The molecule has 1 rings (SSSR count). The van der Waals surface area contributed by atoms with E-state index in [1.807, 2.05) is 27.7 Å². The SMILES string of the molecule is CC1(C)OB(CS(C)(=O)=O)OC1(C)C. The van der Waals surface area contributed by atoms with Gasteiger partial charge in [0.2, 0.25) is 0 Å². The maximum absolute atomic E-state index is 11.0. The molecule has 0 aromatic carbocycles. The van der Waals surface area contributed by atoms with Crippen LogP contribution in [0.4, 0.5) is 0 Å². The zero-order valence-electron chi connectivity index (χ0n) is 9.33. The average molecular weight is 220 g/mol. The number of hydrogen-bond donors (Lipinski definition) is 0. The summed E-state index contributed by atoms with van der Waals surface area (Å²) in [6.45, 7) is 7.59. The van der Waals surface area contributed by atoms with Crippen LogP contribution in [0.1, 0.15) is 27.7 Å². The van der Waals surface area contributed by atoms with Gasteiger partial charge >= 0.3 is 7.12 Å². The molecule has 0 atom stereocenters. The molecule has 0 aromatic rings. The summed E-state index contributed by atoms with van der Waals surface area (Å²) in [5.41, 5.74) is -0.995. The highest BCUT2D eigenvalue weighted by Crippen LogP contribution is 2.36. The molecule has 14 heavy (non-hydrogen) atoms. The Bertz CT molecular complexity index is 304. The Labute approximate surface area is 86.0 Å². The van der Waals surface area contributed by atoms with E-state index in [1.54, 1.807) is 0 Å². The molecule has 0 amide bonds. The van der Waals surface area contributed by atoms with E-state index in [9.17, 15) is 8.42 Å². The van der Waals surface area contributed by atoms with Crippen molar-refractivity contribution in [2.75, 3.05) is 11.9 Å². The van der Waals surface area contributed by atoms with Gasteiger partial charge in [0.15, 0.2) is 0 Å². The second-order valence-corrected chi connectivity index (χ2v) is 6.96. The van der Waals surface area contributed by atoms with E-state index in [0.717, 1.165) is 0 Å². The van der Waals surface area contributed by atoms with Crippen molar-refractivity contribution in [3.8, 4) is 0 Å². The largest absolute Gasteiger partial charge is 0.473 e. The first-order valence-electron chi connectivity index (χ1n) is 4.57. The molecule has 0 saturated carbocycles. The highest BCUT2D eigenvalue weighted by Gasteiger charge is 2.51. The monoisotopic (exact) mass is 220 g/mol. The number of rotatable bonds is 2. The Morgan fingerprint density at radius 2 is 1.43 bits per heavy atom. The number of sulfone groups is 1. The smallest absolute Gasteiger partial charge is 0.403 e. The van der Waals surface area contributed by atoms with E-state index in [-0.39, 0.29) is 5.65 Å². The van der Waals surface area contributed by atoms with Crippen LogP contribution < -0.4 is 0 Å². The Kier molecular flexibility index (Phi) is 2.76. The molecular weight excluding hydrogens is 203 g/mol. The predicted molar refractivity (Wildman–Crippen MR) is 55.8 cm³/mol. The van der Waals surface area contributed by atoms with Crippen LogP contribution in [-0.2, 0) is 19.1 Å². The minimum absolute atomic E-state index is 0.0835. The molecule has 0 unspecified atom stereocenters. The summed E-state index contributed by atoms with van der Waals surface area (Å²) in [7, 11) is -3.70. The molecule has 1 aliphatic rings. The molecule has 0 spiro atoms. The van der Waals surface area contributed by atoms with Gasteiger partial charge in [0.05, 0.1) is 16.9 Å². The zero-order valence-corrected chi connectivity index (χ0v) is 10.1. The first-order valence-corrected chi connectivity index (χ1v) is 6.63. The van der Waals surface area contributed by atoms with Crippen molar-refractivity contribution >= 4 is 17.0 Å². The van der Waals surface area contributed by atoms with Crippen LogP contribution in [0.2, 0.25) is 0 Å². The normalized spacial score (nSPS) is 25.4. The fraction of sp³-hybridized carbons (Fsp3) is 1.00. The van der Waals surface area contributed by atoms with E-state index >= 15 is 0 Å². The third-order valence-electron chi connectivity index (χ3n) is 2.74. The lowest BCUT2D eigenvalue weighted by molar-refractivity contribution is 0.00578. The number of hydrogen-bond acceptors (Lipinski definition) is 4. The lowest BCUT2D eigenvalue weighted by atomic mass is 9.90. The quantitative estimate of drug-likeness (QED) is 0.641. The van der Waals surface area contributed by atoms with Crippen molar-refractivity contribution in [3.05, 3.63) is 0 Å². The molecular formula is C8H17BO4S. The lowest BCUT2D eigenvalue weighted by Crippen LogP contribution is -2.41. The molecule has 0 aromatic heterocycles. The summed E-state index contributed by atoms with van der Waals surface area (Å²) in [6.07, 6.45) is 1.18. The van der Waals surface area contributed by atoms with Gasteiger partial charge in [-0.15, -0.1) is 0 Å². The van der Waals surface area contributed by atoms with Crippen LogP contribution in [0.15, 0.2) is 0 Å². The summed E-state index contributed by atoms with van der Waals surface area (Å²) < 4.78 is 33.2. The second kappa shape index (κ2) is 3.22. The molecule has 0 radical (unpaired) electrons. The van der Waals surface area contributed by atoms with Gasteiger partial charge in [0, 0.05) is 6.26 Å². The summed E-state index contributed by atoms with van der Waals surface area (Å²) in [4.78, 5) is 0. The van der Waals surface area contributed by atoms with Crippen LogP contribution in [0, 0.1) is 0 Å². The summed E-state index contributed by atoms with van der Waals surface area (Å²) >= 11 is 0. The molecule has 0 bridgehead atoms.